The summed E-state index contributed by atoms with van der Waals surface area (Å²) in [6.07, 6.45) is 1.56. The Morgan fingerprint density at radius 1 is 0.784 bits per heavy atom. The van der Waals surface area contributed by atoms with Gasteiger partial charge in [0.1, 0.15) is 18.0 Å². The van der Waals surface area contributed by atoms with Crippen LogP contribution in [-0.4, -0.2) is 26.9 Å². The predicted molar refractivity (Wildman–Crippen MR) is 146 cm³/mol. The van der Waals surface area contributed by atoms with Crippen molar-refractivity contribution >= 4 is 21.6 Å². The van der Waals surface area contributed by atoms with Crippen LogP contribution in [0.5, 0.6) is 11.5 Å². The zero-order valence-corrected chi connectivity index (χ0v) is 21.5. The molecule has 7 heteroatoms. The van der Waals surface area contributed by atoms with Gasteiger partial charge in [-0.2, -0.15) is 0 Å². The predicted octanol–water partition coefficient (Wildman–Crippen LogP) is 5.81. The minimum atomic E-state index is -3.98. The van der Waals surface area contributed by atoms with Crippen LogP contribution in [0.15, 0.2) is 120 Å². The van der Waals surface area contributed by atoms with Gasteiger partial charge < -0.3 is 10.1 Å². The third-order valence-electron chi connectivity index (χ3n) is 5.84. The number of aryl methyl sites for hydroxylation is 1. The van der Waals surface area contributed by atoms with Crippen LogP contribution in [0.1, 0.15) is 18.9 Å². The minimum absolute atomic E-state index is 0.115. The number of sulfonamides is 1. The van der Waals surface area contributed by atoms with E-state index in [1.54, 1.807) is 42.5 Å². The fourth-order valence-corrected chi connectivity index (χ4v) is 5.33. The van der Waals surface area contributed by atoms with Crippen molar-refractivity contribution in [1.82, 2.24) is 5.32 Å². The van der Waals surface area contributed by atoms with Gasteiger partial charge in [0.05, 0.1) is 10.6 Å². The Labute approximate surface area is 218 Å². The van der Waals surface area contributed by atoms with Gasteiger partial charge in [-0.1, -0.05) is 66.7 Å². The van der Waals surface area contributed by atoms with E-state index in [2.05, 4.69) is 5.32 Å². The van der Waals surface area contributed by atoms with Crippen molar-refractivity contribution in [2.75, 3.05) is 10.8 Å². The van der Waals surface area contributed by atoms with Crippen molar-refractivity contribution in [2.45, 2.75) is 30.7 Å². The maximum absolute atomic E-state index is 13.6. The van der Waals surface area contributed by atoms with Gasteiger partial charge in [-0.15, -0.1) is 0 Å². The largest absolute Gasteiger partial charge is 0.457 e. The lowest BCUT2D eigenvalue weighted by Crippen LogP contribution is -2.43. The highest BCUT2D eigenvalue weighted by atomic mass is 32.2. The van der Waals surface area contributed by atoms with Crippen LogP contribution in [0.25, 0.3) is 0 Å². The van der Waals surface area contributed by atoms with Crippen LogP contribution in [0.2, 0.25) is 0 Å². The van der Waals surface area contributed by atoms with Gasteiger partial charge in [0.25, 0.3) is 10.0 Å². The van der Waals surface area contributed by atoms with Crippen molar-refractivity contribution in [3.05, 3.63) is 121 Å². The van der Waals surface area contributed by atoms with Crippen molar-refractivity contribution in [3.8, 4) is 11.5 Å². The van der Waals surface area contributed by atoms with Gasteiger partial charge in [0, 0.05) is 6.04 Å². The number of nitrogens with one attached hydrogen (secondary N) is 1. The summed E-state index contributed by atoms with van der Waals surface area (Å²) in [5.41, 5.74) is 1.56. The number of carbonyl (C=O) groups is 1. The first kappa shape index (κ1) is 26.0. The topological polar surface area (TPSA) is 75.7 Å². The first-order valence-electron chi connectivity index (χ1n) is 12.2. The molecular formula is C30H30N2O4S. The monoisotopic (exact) mass is 514 g/mol. The molecule has 4 rings (SSSR count). The maximum atomic E-state index is 13.6. The van der Waals surface area contributed by atoms with E-state index in [0.717, 1.165) is 17.1 Å². The van der Waals surface area contributed by atoms with Crippen LogP contribution in [0, 0.1) is 0 Å². The van der Waals surface area contributed by atoms with Crippen molar-refractivity contribution in [1.29, 1.82) is 0 Å². The van der Waals surface area contributed by atoms with E-state index < -0.39 is 10.0 Å². The Morgan fingerprint density at radius 3 is 1.95 bits per heavy atom. The third kappa shape index (κ3) is 7.21. The van der Waals surface area contributed by atoms with Crippen molar-refractivity contribution in [2.24, 2.45) is 0 Å². The van der Waals surface area contributed by atoms with E-state index in [0.29, 0.717) is 17.2 Å². The number of benzene rings is 4. The molecule has 0 saturated heterocycles. The average molecular weight is 515 g/mol. The summed E-state index contributed by atoms with van der Waals surface area (Å²) < 4.78 is 34.1. The third-order valence-corrected chi connectivity index (χ3v) is 7.63. The van der Waals surface area contributed by atoms with Crippen molar-refractivity contribution in [3.63, 3.8) is 0 Å². The normalized spacial score (nSPS) is 11.9. The highest BCUT2D eigenvalue weighted by Crippen LogP contribution is 2.28. The van der Waals surface area contributed by atoms with E-state index in [-0.39, 0.29) is 23.4 Å². The summed E-state index contributed by atoms with van der Waals surface area (Å²) >= 11 is 0. The molecule has 0 saturated carbocycles. The Morgan fingerprint density at radius 2 is 1.32 bits per heavy atom. The number of amides is 1. The molecular weight excluding hydrogens is 484 g/mol. The highest BCUT2D eigenvalue weighted by Gasteiger charge is 2.27. The fourth-order valence-electron chi connectivity index (χ4n) is 3.89. The molecule has 1 amide bonds. The first-order valence-corrected chi connectivity index (χ1v) is 13.6. The molecule has 0 aliphatic carbocycles. The quantitative estimate of drug-likeness (QED) is 0.274. The van der Waals surface area contributed by atoms with Crippen LogP contribution < -0.4 is 14.4 Å². The second kappa shape index (κ2) is 12.2. The average Bonchev–Trinajstić information content (AvgIpc) is 2.93. The van der Waals surface area contributed by atoms with E-state index >= 15 is 0 Å². The molecule has 0 bridgehead atoms. The molecule has 0 spiro atoms. The fraction of sp³-hybridized carbons (Fsp3) is 0.167. The molecule has 190 valence electrons. The maximum Gasteiger partial charge on any atom is 0.264 e. The molecule has 6 nitrogen and oxygen atoms in total. The van der Waals surface area contributed by atoms with Gasteiger partial charge >= 0.3 is 0 Å². The number of nitrogens with zero attached hydrogens (tertiary/aromatic N) is 1. The first-order chi connectivity index (χ1) is 17.9. The van der Waals surface area contributed by atoms with Crippen LogP contribution in [0.3, 0.4) is 0 Å². The molecule has 4 aromatic rings. The number of carbonyl (C=O) groups excluding carboxylic acids is 1. The van der Waals surface area contributed by atoms with E-state index in [1.807, 2.05) is 67.6 Å². The van der Waals surface area contributed by atoms with Gasteiger partial charge in [-0.3, -0.25) is 9.10 Å². The molecule has 1 atom stereocenters. The molecule has 0 heterocycles. The molecule has 0 radical (unpaired) electrons. The Kier molecular flexibility index (Phi) is 8.59. The van der Waals surface area contributed by atoms with Crippen LogP contribution >= 0.6 is 0 Å². The highest BCUT2D eigenvalue weighted by molar-refractivity contribution is 7.92. The number of anilines is 1. The van der Waals surface area contributed by atoms with Gasteiger partial charge in [-0.25, -0.2) is 8.42 Å². The summed E-state index contributed by atoms with van der Waals surface area (Å²) in [4.78, 5) is 13.1. The molecule has 0 aromatic heterocycles. The van der Waals surface area contributed by atoms with Crippen LogP contribution in [-0.2, 0) is 21.2 Å². The molecule has 0 aliphatic heterocycles. The summed E-state index contributed by atoms with van der Waals surface area (Å²) in [6.45, 7) is 1.58. The summed E-state index contributed by atoms with van der Waals surface area (Å²) in [5, 5.41) is 2.95. The Balaban J connectivity index is 1.50. The smallest absolute Gasteiger partial charge is 0.264 e. The van der Waals surface area contributed by atoms with Gasteiger partial charge in [0.15, 0.2) is 0 Å². The lowest BCUT2D eigenvalue weighted by Gasteiger charge is -2.25. The molecule has 4 aromatic carbocycles. The van der Waals surface area contributed by atoms with E-state index in [1.165, 1.54) is 17.7 Å². The zero-order valence-electron chi connectivity index (χ0n) is 20.7. The number of para-hydroxylation sites is 1. The number of ether oxygens (including phenoxy) is 1. The van der Waals surface area contributed by atoms with Crippen LogP contribution in [0.4, 0.5) is 5.69 Å². The molecule has 37 heavy (non-hydrogen) atoms. The Hall–Kier alpha value is -4.10. The summed E-state index contributed by atoms with van der Waals surface area (Å²) in [6, 6.07) is 34.0. The number of hydrogen-bond donors (Lipinski definition) is 1. The second-order valence-electron chi connectivity index (χ2n) is 8.73. The summed E-state index contributed by atoms with van der Waals surface area (Å²) in [5.74, 6) is 0.864. The molecule has 1 N–H and O–H groups in total. The van der Waals surface area contributed by atoms with E-state index in [9.17, 15) is 13.2 Å². The zero-order chi connectivity index (χ0) is 26.1. The SMILES string of the molecule is C[C@H](CCc1ccccc1)NC(=O)CN(c1ccc(Oc2ccccc2)cc1)S(=O)(=O)c1ccccc1. The standard InChI is InChI=1S/C30H30N2O4S/c1-24(17-18-25-11-5-2-6-12-25)31-30(33)23-32(37(34,35)29-15-9-4-10-16-29)26-19-21-28(22-20-26)36-27-13-7-3-8-14-27/h2-16,19-22,24H,17-18,23H2,1H3,(H,31,33)/t24-/m1/s1. The molecule has 0 fully saturated rings. The lowest BCUT2D eigenvalue weighted by atomic mass is 10.1. The Bertz CT molecular complexity index is 1380. The number of rotatable bonds is 11. The van der Waals surface area contributed by atoms with Crippen molar-refractivity contribution < 1.29 is 17.9 Å². The molecule has 0 aliphatic rings. The second-order valence-corrected chi connectivity index (χ2v) is 10.6. The minimum Gasteiger partial charge on any atom is -0.457 e. The molecule has 0 unspecified atom stereocenters. The van der Waals surface area contributed by atoms with Gasteiger partial charge in [0.2, 0.25) is 5.91 Å². The van der Waals surface area contributed by atoms with E-state index in [4.69, 9.17) is 4.74 Å². The summed E-state index contributed by atoms with van der Waals surface area (Å²) in [7, 11) is -3.98. The number of hydrogen-bond acceptors (Lipinski definition) is 4. The van der Waals surface area contributed by atoms with Gasteiger partial charge in [-0.05, 0) is 73.9 Å². The lowest BCUT2D eigenvalue weighted by molar-refractivity contribution is -0.120.